The average Bonchev–Trinajstić information content (AvgIpc) is 3.33. The normalized spacial score (nSPS) is 13.4. The Morgan fingerprint density at radius 3 is 0.955 bits per heavy atom. The summed E-state index contributed by atoms with van der Waals surface area (Å²) in [7, 11) is 0. The van der Waals surface area contributed by atoms with E-state index in [1.807, 2.05) is 0 Å². The quantitative estimate of drug-likeness (QED) is 0.0361. The molecule has 1 amide bonds. The average molecular weight is 943 g/mol. The van der Waals surface area contributed by atoms with Gasteiger partial charge in [-0.2, -0.15) is 0 Å². The van der Waals surface area contributed by atoms with Crippen LogP contribution in [0, 0.1) is 0 Å². The number of hydrogen-bond donors (Lipinski definition) is 4. The van der Waals surface area contributed by atoms with E-state index in [-0.39, 0.29) is 12.5 Å². The lowest BCUT2D eigenvalue weighted by Gasteiger charge is -2.26. The second-order valence-electron chi connectivity index (χ2n) is 20.9. The molecule has 0 aliphatic carbocycles. The van der Waals surface area contributed by atoms with Gasteiger partial charge in [-0.3, -0.25) is 4.79 Å². The van der Waals surface area contributed by atoms with E-state index in [2.05, 4.69) is 55.6 Å². The molecule has 0 saturated carbocycles. The summed E-state index contributed by atoms with van der Waals surface area (Å²) in [5, 5.41) is 33.6. The number of allylic oxidation sites excluding steroid dienone is 6. The smallest absolute Gasteiger partial charge is 0.220 e. The molecule has 0 spiro atoms. The number of hydrogen-bond acceptors (Lipinski definition) is 4. The third-order valence-electron chi connectivity index (χ3n) is 14.2. The topological polar surface area (TPSA) is 89.8 Å². The number of unbranched alkanes of at least 4 members (excludes halogenated alkanes) is 42. The summed E-state index contributed by atoms with van der Waals surface area (Å²) in [6.45, 7) is 4.19. The molecule has 396 valence electrons. The number of rotatable bonds is 56. The summed E-state index contributed by atoms with van der Waals surface area (Å²) in [4.78, 5) is 12.5. The molecule has 0 fully saturated rings. The van der Waals surface area contributed by atoms with E-state index >= 15 is 0 Å². The maximum Gasteiger partial charge on any atom is 0.220 e. The van der Waals surface area contributed by atoms with E-state index < -0.39 is 18.2 Å². The Kier molecular flexibility index (Phi) is 55.9. The molecule has 0 aromatic rings. The molecule has 0 heterocycles. The molecule has 0 saturated heterocycles. The molecule has 0 aromatic carbocycles. The number of aliphatic hydroxyl groups excluding tert-OH is 3. The third-order valence-corrected chi connectivity index (χ3v) is 14.2. The van der Waals surface area contributed by atoms with Gasteiger partial charge in [0.25, 0.3) is 0 Å². The molecule has 0 bridgehead atoms. The molecular weight excluding hydrogens is 823 g/mol. The highest BCUT2D eigenvalue weighted by Crippen LogP contribution is 2.18. The van der Waals surface area contributed by atoms with Crippen LogP contribution in [0.4, 0.5) is 0 Å². The van der Waals surface area contributed by atoms with Crippen molar-refractivity contribution in [2.24, 2.45) is 0 Å². The lowest BCUT2D eigenvalue weighted by molar-refractivity contribution is -0.124. The molecule has 0 aliphatic heterocycles. The number of carbonyl (C=O) groups excluding carboxylic acids is 1. The van der Waals surface area contributed by atoms with Crippen molar-refractivity contribution in [2.75, 3.05) is 6.61 Å². The van der Waals surface area contributed by atoms with E-state index in [4.69, 9.17) is 0 Å². The van der Waals surface area contributed by atoms with Gasteiger partial charge in [-0.05, 0) is 70.6 Å². The highest BCUT2D eigenvalue weighted by atomic mass is 16.3. The fraction of sp³-hybridized carbons (Fsp3) is 0.887. The Morgan fingerprint density at radius 2 is 0.642 bits per heavy atom. The van der Waals surface area contributed by atoms with E-state index in [1.54, 1.807) is 0 Å². The van der Waals surface area contributed by atoms with Crippen molar-refractivity contribution in [3.63, 3.8) is 0 Å². The molecule has 5 heteroatoms. The summed E-state index contributed by atoms with van der Waals surface area (Å²) in [6, 6.07) is -0.825. The molecule has 67 heavy (non-hydrogen) atoms. The van der Waals surface area contributed by atoms with Crippen LogP contribution >= 0.6 is 0 Å². The van der Waals surface area contributed by atoms with Gasteiger partial charge >= 0.3 is 0 Å². The van der Waals surface area contributed by atoms with Crippen LogP contribution in [0.2, 0.25) is 0 Å². The van der Waals surface area contributed by atoms with Gasteiger partial charge in [0.1, 0.15) is 6.10 Å². The van der Waals surface area contributed by atoms with Crippen molar-refractivity contribution < 1.29 is 20.1 Å². The van der Waals surface area contributed by atoms with Gasteiger partial charge in [-0.25, -0.2) is 0 Å². The van der Waals surface area contributed by atoms with Crippen LogP contribution in [0.15, 0.2) is 36.5 Å². The van der Waals surface area contributed by atoms with Gasteiger partial charge in [0.2, 0.25) is 5.91 Å². The molecule has 0 aromatic heterocycles. The first-order chi connectivity index (χ1) is 33.1. The van der Waals surface area contributed by atoms with Gasteiger partial charge in [-0.1, -0.05) is 288 Å². The maximum absolute atomic E-state index is 12.5. The van der Waals surface area contributed by atoms with Crippen molar-refractivity contribution >= 4 is 5.91 Å². The predicted octanol–water partition coefficient (Wildman–Crippen LogP) is 19.0. The number of amides is 1. The van der Waals surface area contributed by atoms with Gasteiger partial charge < -0.3 is 20.6 Å². The van der Waals surface area contributed by atoms with Gasteiger partial charge in [0, 0.05) is 6.42 Å². The van der Waals surface area contributed by atoms with Crippen LogP contribution in [0.3, 0.4) is 0 Å². The van der Waals surface area contributed by atoms with Crippen LogP contribution in [0.25, 0.3) is 0 Å². The number of carbonyl (C=O) groups is 1. The van der Waals surface area contributed by atoms with Crippen molar-refractivity contribution in [2.45, 2.75) is 347 Å². The SMILES string of the molecule is CCCCCCCCCCC/C=C/CCCC(O)C(O)C(CO)NC(=O)CCCCCCCCCCCCCCCCCCC/C=C\C/C=C\CCCCCCCCCCCCCCCCC. The fourth-order valence-corrected chi connectivity index (χ4v) is 9.55. The van der Waals surface area contributed by atoms with Crippen LogP contribution in [-0.2, 0) is 4.79 Å². The Labute approximate surface area is 419 Å². The molecule has 0 rings (SSSR count). The summed E-state index contributed by atoms with van der Waals surface area (Å²) >= 11 is 0. The highest BCUT2D eigenvalue weighted by Gasteiger charge is 2.26. The first-order valence-corrected chi connectivity index (χ1v) is 30.3. The van der Waals surface area contributed by atoms with E-state index in [1.165, 1.54) is 257 Å². The molecule has 0 aliphatic rings. The van der Waals surface area contributed by atoms with Gasteiger partial charge in [0.15, 0.2) is 0 Å². The first kappa shape index (κ1) is 65.6. The monoisotopic (exact) mass is 942 g/mol. The molecule has 5 nitrogen and oxygen atoms in total. The van der Waals surface area contributed by atoms with E-state index in [0.717, 1.165) is 44.9 Å². The molecule has 0 radical (unpaired) electrons. The van der Waals surface area contributed by atoms with Crippen molar-refractivity contribution in [3.8, 4) is 0 Å². The van der Waals surface area contributed by atoms with E-state index in [9.17, 15) is 20.1 Å². The zero-order chi connectivity index (χ0) is 48.6. The van der Waals surface area contributed by atoms with Crippen molar-refractivity contribution in [3.05, 3.63) is 36.5 Å². The summed E-state index contributed by atoms with van der Waals surface area (Å²) in [5.74, 6) is -0.151. The Morgan fingerprint density at radius 1 is 0.373 bits per heavy atom. The number of aliphatic hydroxyl groups is 3. The summed E-state index contributed by atoms with van der Waals surface area (Å²) < 4.78 is 0. The molecule has 4 N–H and O–H groups in total. The van der Waals surface area contributed by atoms with Crippen LogP contribution in [0.5, 0.6) is 0 Å². The molecule has 3 unspecified atom stereocenters. The second-order valence-corrected chi connectivity index (χ2v) is 20.9. The highest BCUT2D eigenvalue weighted by molar-refractivity contribution is 5.76. The Hall–Kier alpha value is -1.43. The minimum atomic E-state index is -1.16. The Balaban J connectivity index is 3.46. The molecule has 3 atom stereocenters. The zero-order valence-corrected chi connectivity index (χ0v) is 45.3. The maximum atomic E-state index is 12.5. The zero-order valence-electron chi connectivity index (χ0n) is 45.3. The van der Waals surface area contributed by atoms with Crippen molar-refractivity contribution in [1.82, 2.24) is 5.32 Å². The van der Waals surface area contributed by atoms with Crippen molar-refractivity contribution in [1.29, 1.82) is 0 Å². The summed E-state index contributed by atoms with van der Waals surface area (Å²) in [5.41, 5.74) is 0. The van der Waals surface area contributed by atoms with Crippen LogP contribution in [0.1, 0.15) is 328 Å². The fourth-order valence-electron chi connectivity index (χ4n) is 9.55. The Bertz CT molecular complexity index is 1040. The third kappa shape index (κ3) is 52.2. The second kappa shape index (κ2) is 57.2. The molecular formula is C62H119NO4. The standard InChI is InChI=1S/C62H119NO4/c1-3-5-7-9-11-13-15-17-19-20-21-22-23-24-25-26-27-28-29-30-31-32-33-34-35-36-37-38-39-40-41-42-43-45-47-49-51-53-55-57-61(66)63-59(58-64)62(67)60(65)56-54-52-50-48-46-44-18-16-14-12-10-8-6-4-2/h27-28,30-31,48,50,59-60,62,64-65,67H,3-26,29,32-47,49,51-58H2,1-2H3,(H,63,66)/b28-27-,31-30-,50-48+. The van der Waals surface area contributed by atoms with Crippen LogP contribution < -0.4 is 5.32 Å². The predicted molar refractivity (Wildman–Crippen MR) is 296 cm³/mol. The van der Waals surface area contributed by atoms with Gasteiger partial charge in [-0.15, -0.1) is 0 Å². The van der Waals surface area contributed by atoms with Gasteiger partial charge in [0.05, 0.1) is 18.8 Å². The number of nitrogens with one attached hydrogen (secondary N) is 1. The summed E-state index contributed by atoms with van der Waals surface area (Å²) in [6.07, 6.45) is 74.8. The minimum absolute atomic E-state index is 0.151. The van der Waals surface area contributed by atoms with Crippen LogP contribution in [-0.4, -0.2) is 46.1 Å². The van der Waals surface area contributed by atoms with E-state index in [0.29, 0.717) is 12.8 Å². The first-order valence-electron chi connectivity index (χ1n) is 30.3. The lowest BCUT2D eigenvalue weighted by atomic mass is 10.0. The minimum Gasteiger partial charge on any atom is -0.394 e. The largest absolute Gasteiger partial charge is 0.394 e. The lowest BCUT2D eigenvalue weighted by Crippen LogP contribution is -2.50.